The first-order chi connectivity index (χ1) is 9.65. The molecule has 1 aliphatic carbocycles. The molecule has 1 saturated carbocycles. The van der Waals surface area contributed by atoms with Crippen LogP contribution in [0.15, 0.2) is 42.5 Å². The van der Waals surface area contributed by atoms with Gasteiger partial charge in [-0.1, -0.05) is 36.4 Å². The van der Waals surface area contributed by atoms with Crippen LogP contribution in [0.3, 0.4) is 0 Å². The van der Waals surface area contributed by atoms with E-state index in [1.54, 1.807) is 6.92 Å². The molecule has 0 aliphatic heterocycles. The summed E-state index contributed by atoms with van der Waals surface area (Å²) >= 11 is 0. The van der Waals surface area contributed by atoms with Gasteiger partial charge in [0.05, 0.1) is 0 Å². The number of rotatable bonds is 3. The number of hydrogen-bond donors (Lipinski definition) is 1. The Balaban J connectivity index is 1.66. The summed E-state index contributed by atoms with van der Waals surface area (Å²) in [4.78, 5) is 0. The first kappa shape index (κ1) is 13.1. The maximum absolute atomic E-state index is 13.9. The molecular weight excluding hydrogens is 256 g/mol. The van der Waals surface area contributed by atoms with Gasteiger partial charge in [-0.05, 0) is 42.9 Å². The Kier molecular flexibility index (Phi) is 3.43. The van der Waals surface area contributed by atoms with Crippen molar-refractivity contribution < 1.29 is 8.78 Å². The van der Waals surface area contributed by atoms with Gasteiger partial charge in [0.25, 0.3) is 0 Å². The Morgan fingerprint density at radius 3 is 2.40 bits per heavy atom. The highest BCUT2D eigenvalue weighted by Gasteiger charge is 2.31. The van der Waals surface area contributed by atoms with Gasteiger partial charge in [-0.15, -0.1) is 0 Å². The molecule has 1 N–H and O–H groups in total. The molecular formula is C17H17F2N. The van der Waals surface area contributed by atoms with Crippen molar-refractivity contribution in [1.29, 1.82) is 0 Å². The van der Waals surface area contributed by atoms with E-state index in [9.17, 15) is 8.78 Å². The minimum atomic E-state index is -0.517. The Bertz CT molecular complexity index is 604. The molecule has 0 unspecified atom stereocenters. The minimum absolute atomic E-state index is 0.0153. The SMILES string of the molecule is Cc1ccc(F)c(NC2CC(c3ccccc3)C2)c1F. The average Bonchev–Trinajstić information content (AvgIpc) is 2.42. The third-order valence-electron chi connectivity index (χ3n) is 4.04. The van der Waals surface area contributed by atoms with Crippen LogP contribution in [0.4, 0.5) is 14.5 Å². The van der Waals surface area contributed by atoms with Crippen LogP contribution in [0.2, 0.25) is 0 Å². The molecule has 0 spiro atoms. The first-order valence-electron chi connectivity index (χ1n) is 6.91. The van der Waals surface area contributed by atoms with Crippen molar-refractivity contribution in [1.82, 2.24) is 0 Å². The second-order valence-electron chi connectivity index (χ2n) is 5.47. The highest BCUT2D eigenvalue weighted by molar-refractivity contribution is 5.50. The molecule has 20 heavy (non-hydrogen) atoms. The number of nitrogens with one attached hydrogen (secondary N) is 1. The van der Waals surface area contributed by atoms with Gasteiger partial charge in [0.15, 0.2) is 5.82 Å². The lowest BCUT2D eigenvalue weighted by Gasteiger charge is -2.37. The van der Waals surface area contributed by atoms with Crippen LogP contribution in [0.25, 0.3) is 0 Å². The van der Waals surface area contributed by atoms with E-state index in [-0.39, 0.29) is 11.7 Å². The summed E-state index contributed by atoms with van der Waals surface area (Å²) in [5.41, 5.74) is 1.78. The molecule has 0 bridgehead atoms. The van der Waals surface area contributed by atoms with Crippen LogP contribution in [-0.2, 0) is 0 Å². The van der Waals surface area contributed by atoms with Crippen LogP contribution in [0.5, 0.6) is 0 Å². The molecule has 2 aromatic rings. The fourth-order valence-corrected chi connectivity index (χ4v) is 2.73. The molecule has 0 heterocycles. The molecule has 1 aliphatic rings. The maximum Gasteiger partial charge on any atom is 0.152 e. The number of hydrogen-bond acceptors (Lipinski definition) is 1. The summed E-state index contributed by atoms with van der Waals surface area (Å²) in [6.45, 7) is 1.65. The molecule has 1 nitrogen and oxygen atoms in total. The van der Waals surface area contributed by atoms with Crippen molar-refractivity contribution >= 4 is 5.69 Å². The van der Waals surface area contributed by atoms with E-state index >= 15 is 0 Å². The smallest absolute Gasteiger partial charge is 0.152 e. The fraction of sp³-hybridized carbons (Fsp3) is 0.294. The normalized spacial score (nSPS) is 21.4. The van der Waals surface area contributed by atoms with Crippen molar-refractivity contribution in [2.75, 3.05) is 5.32 Å². The average molecular weight is 273 g/mol. The van der Waals surface area contributed by atoms with Gasteiger partial charge in [-0.2, -0.15) is 0 Å². The van der Waals surface area contributed by atoms with E-state index in [2.05, 4.69) is 17.4 Å². The largest absolute Gasteiger partial charge is 0.378 e. The minimum Gasteiger partial charge on any atom is -0.378 e. The van der Waals surface area contributed by atoms with E-state index in [1.807, 2.05) is 18.2 Å². The molecule has 2 aromatic carbocycles. The lowest BCUT2D eigenvalue weighted by atomic mass is 9.76. The Hall–Kier alpha value is -1.90. The maximum atomic E-state index is 13.9. The Morgan fingerprint density at radius 1 is 1.00 bits per heavy atom. The van der Waals surface area contributed by atoms with Gasteiger partial charge >= 0.3 is 0 Å². The van der Waals surface area contributed by atoms with Crippen LogP contribution in [-0.4, -0.2) is 6.04 Å². The van der Waals surface area contributed by atoms with Crippen LogP contribution >= 0.6 is 0 Å². The highest BCUT2D eigenvalue weighted by atomic mass is 19.1. The molecule has 3 heteroatoms. The molecule has 0 aromatic heterocycles. The van der Waals surface area contributed by atoms with Gasteiger partial charge in [0.2, 0.25) is 0 Å². The van der Waals surface area contributed by atoms with Crippen LogP contribution in [0.1, 0.15) is 29.9 Å². The quantitative estimate of drug-likeness (QED) is 0.859. The number of benzene rings is 2. The van der Waals surface area contributed by atoms with E-state index in [4.69, 9.17) is 0 Å². The molecule has 3 rings (SSSR count). The van der Waals surface area contributed by atoms with Gasteiger partial charge in [0.1, 0.15) is 11.5 Å². The summed E-state index contributed by atoms with van der Waals surface area (Å²) in [5, 5.41) is 3.01. The summed E-state index contributed by atoms with van der Waals surface area (Å²) in [5.74, 6) is -0.506. The molecule has 0 amide bonds. The number of aryl methyl sites for hydroxylation is 1. The zero-order chi connectivity index (χ0) is 14.1. The lowest BCUT2D eigenvalue weighted by molar-refractivity contribution is 0.371. The van der Waals surface area contributed by atoms with Gasteiger partial charge in [-0.25, -0.2) is 8.78 Å². The van der Waals surface area contributed by atoms with Crippen LogP contribution in [0, 0.1) is 18.6 Å². The highest BCUT2D eigenvalue weighted by Crippen LogP contribution is 2.39. The number of halogens is 2. The summed E-state index contributed by atoms with van der Waals surface area (Å²) in [7, 11) is 0. The predicted molar refractivity (Wildman–Crippen MR) is 76.9 cm³/mol. The number of anilines is 1. The molecule has 0 radical (unpaired) electrons. The standard InChI is InChI=1S/C17H17F2N/c1-11-7-8-15(18)17(16(11)19)20-14-9-13(10-14)12-5-3-2-4-6-12/h2-8,13-14,20H,9-10H2,1H3. The second kappa shape index (κ2) is 5.23. The summed E-state index contributed by atoms with van der Waals surface area (Å²) in [6, 6.07) is 13.2. The molecule has 0 atom stereocenters. The van der Waals surface area contributed by atoms with Crippen molar-refractivity contribution in [3.63, 3.8) is 0 Å². The zero-order valence-corrected chi connectivity index (χ0v) is 11.4. The predicted octanol–water partition coefficient (Wildman–Crippen LogP) is 4.63. The molecule has 1 fully saturated rings. The van der Waals surface area contributed by atoms with E-state index in [1.165, 1.54) is 17.7 Å². The van der Waals surface area contributed by atoms with Gasteiger partial charge < -0.3 is 5.32 Å². The third-order valence-corrected chi connectivity index (χ3v) is 4.04. The Morgan fingerprint density at radius 2 is 1.70 bits per heavy atom. The zero-order valence-electron chi connectivity index (χ0n) is 11.4. The van der Waals surface area contributed by atoms with E-state index < -0.39 is 11.6 Å². The van der Waals surface area contributed by atoms with Gasteiger partial charge in [0, 0.05) is 6.04 Å². The third kappa shape index (κ3) is 2.40. The second-order valence-corrected chi connectivity index (χ2v) is 5.47. The topological polar surface area (TPSA) is 12.0 Å². The van der Waals surface area contributed by atoms with Gasteiger partial charge in [-0.3, -0.25) is 0 Å². The van der Waals surface area contributed by atoms with Crippen molar-refractivity contribution in [3.05, 3.63) is 65.2 Å². The van der Waals surface area contributed by atoms with Crippen LogP contribution < -0.4 is 5.32 Å². The first-order valence-corrected chi connectivity index (χ1v) is 6.91. The lowest BCUT2D eigenvalue weighted by Crippen LogP contribution is -2.34. The monoisotopic (exact) mass is 273 g/mol. The molecule has 104 valence electrons. The summed E-state index contributed by atoms with van der Waals surface area (Å²) in [6.07, 6.45) is 1.83. The Labute approximate surface area is 117 Å². The van der Waals surface area contributed by atoms with Crippen molar-refractivity contribution in [3.8, 4) is 0 Å². The van der Waals surface area contributed by atoms with E-state index in [0.29, 0.717) is 11.5 Å². The van der Waals surface area contributed by atoms with Crippen molar-refractivity contribution in [2.45, 2.75) is 31.7 Å². The molecule has 0 saturated heterocycles. The van der Waals surface area contributed by atoms with Crippen molar-refractivity contribution in [2.24, 2.45) is 0 Å². The summed E-state index contributed by atoms with van der Waals surface area (Å²) < 4.78 is 27.6. The van der Waals surface area contributed by atoms with E-state index in [0.717, 1.165) is 12.8 Å². The fourth-order valence-electron chi connectivity index (χ4n) is 2.73.